The quantitative estimate of drug-likeness (QED) is 0.575. The maximum atomic E-state index is 5.79. The Hall–Kier alpha value is -1.22. The summed E-state index contributed by atoms with van der Waals surface area (Å²) in [6.07, 6.45) is 2.84. The summed E-state index contributed by atoms with van der Waals surface area (Å²) in [4.78, 5) is 0. The third-order valence-electron chi connectivity index (χ3n) is 1.96. The largest absolute Gasteiger partial charge is 0.520 e. The normalized spacial score (nSPS) is 12.4. The Kier molecular flexibility index (Phi) is 4.62. The van der Waals surface area contributed by atoms with Crippen LogP contribution in [0.1, 0.15) is 5.56 Å². The third-order valence-corrected chi connectivity index (χ3v) is 2.77. The van der Waals surface area contributed by atoms with E-state index in [1.807, 2.05) is 24.3 Å². The van der Waals surface area contributed by atoms with E-state index in [1.165, 1.54) is 5.56 Å². The van der Waals surface area contributed by atoms with Crippen LogP contribution in [-0.2, 0) is 15.6 Å². The van der Waals surface area contributed by atoms with Crippen molar-refractivity contribution in [2.75, 3.05) is 7.11 Å². The van der Waals surface area contributed by atoms with Crippen LogP contribution in [-0.4, -0.2) is 15.4 Å². The van der Waals surface area contributed by atoms with Gasteiger partial charge in [0.25, 0.3) is 5.95 Å². The lowest BCUT2D eigenvalue weighted by Crippen LogP contribution is -2.25. The van der Waals surface area contributed by atoms with Gasteiger partial charge in [-0.15, -0.1) is 0 Å². The van der Waals surface area contributed by atoms with Crippen LogP contribution in [0, 0.1) is 0 Å². The molecule has 0 bridgehead atoms. The summed E-state index contributed by atoms with van der Waals surface area (Å²) in [5, 5.41) is 0. The lowest BCUT2D eigenvalue weighted by Gasteiger charge is -2.20. The van der Waals surface area contributed by atoms with Crippen LogP contribution in [0.3, 0.4) is 0 Å². The first-order valence-electron chi connectivity index (χ1n) is 5.48. The number of methoxy groups -OCH3 is 1. The Bertz CT molecular complexity index is 339. The van der Waals surface area contributed by atoms with Crippen molar-refractivity contribution in [2.24, 2.45) is 0 Å². The van der Waals surface area contributed by atoms with Crippen molar-refractivity contribution < 1.29 is 9.16 Å². The molecule has 0 aliphatic heterocycles. The molecule has 0 radical (unpaired) electrons. The van der Waals surface area contributed by atoms with Gasteiger partial charge >= 0.3 is 0 Å². The Balaban J connectivity index is 2.60. The minimum absolute atomic E-state index is 0.642. The molecule has 0 unspecified atom stereocenters. The van der Waals surface area contributed by atoms with Crippen LogP contribution in [0.25, 0.3) is 0 Å². The van der Waals surface area contributed by atoms with Crippen LogP contribution < -0.4 is 0 Å². The molecule has 0 aliphatic rings. The number of allylic oxidation sites excluding steroid dienone is 1. The first-order chi connectivity index (χ1) is 7.51. The Morgan fingerprint density at radius 3 is 2.31 bits per heavy atom. The second-order valence-corrected chi connectivity index (χ2v) is 9.06. The molecular formula is C13H20O2Si. The van der Waals surface area contributed by atoms with Crippen LogP contribution in [0.4, 0.5) is 0 Å². The molecule has 16 heavy (non-hydrogen) atoms. The van der Waals surface area contributed by atoms with Gasteiger partial charge in [-0.05, 0) is 37.7 Å². The molecule has 3 heteroatoms. The smallest absolute Gasteiger partial charge is 0.261 e. The van der Waals surface area contributed by atoms with Crippen LogP contribution in [0.2, 0.25) is 19.6 Å². The zero-order valence-electron chi connectivity index (χ0n) is 10.5. The molecule has 0 heterocycles. The first kappa shape index (κ1) is 12.8. The maximum Gasteiger partial charge on any atom is 0.261 e. The van der Waals surface area contributed by atoms with Gasteiger partial charge in [0.15, 0.2) is 0 Å². The molecule has 0 amide bonds. The standard InChI is InChI=1S/C13H20O2Si/c1-14-13(15-16(2,3)4)11-10-12-8-6-5-7-9-12/h5-9,11H,10H2,1-4H3. The van der Waals surface area contributed by atoms with Crippen LogP contribution >= 0.6 is 0 Å². The highest BCUT2D eigenvalue weighted by atomic mass is 28.4. The number of benzene rings is 1. The van der Waals surface area contributed by atoms with Gasteiger partial charge in [0, 0.05) is 0 Å². The van der Waals surface area contributed by atoms with E-state index in [4.69, 9.17) is 9.16 Å². The van der Waals surface area contributed by atoms with E-state index in [2.05, 4.69) is 31.8 Å². The molecule has 0 spiro atoms. The molecule has 0 fully saturated rings. The molecule has 1 rings (SSSR count). The number of ether oxygens (including phenoxy) is 1. The summed E-state index contributed by atoms with van der Waals surface area (Å²) >= 11 is 0. The summed E-state index contributed by atoms with van der Waals surface area (Å²) in [6.45, 7) is 6.42. The summed E-state index contributed by atoms with van der Waals surface area (Å²) < 4.78 is 11.0. The average Bonchev–Trinajstić information content (AvgIpc) is 2.24. The van der Waals surface area contributed by atoms with Crippen molar-refractivity contribution in [3.05, 3.63) is 47.9 Å². The molecule has 0 aromatic heterocycles. The molecule has 1 aromatic rings. The predicted octanol–water partition coefficient (Wildman–Crippen LogP) is 3.57. The molecule has 0 aliphatic carbocycles. The van der Waals surface area contributed by atoms with Crippen molar-refractivity contribution >= 4 is 8.32 Å². The van der Waals surface area contributed by atoms with Crippen molar-refractivity contribution in [2.45, 2.75) is 26.1 Å². The van der Waals surface area contributed by atoms with Gasteiger partial charge < -0.3 is 9.16 Å². The summed E-state index contributed by atoms with van der Waals surface area (Å²) in [7, 11) is 0.0770. The van der Waals surface area contributed by atoms with E-state index in [1.54, 1.807) is 7.11 Å². The van der Waals surface area contributed by atoms with Gasteiger partial charge in [-0.25, -0.2) is 0 Å². The Morgan fingerprint density at radius 2 is 1.81 bits per heavy atom. The zero-order chi connectivity index (χ0) is 12.0. The molecule has 0 saturated carbocycles. The molecule has 0 saturated heterocycles. The van der Waals surface area contributed by atoms with Crippen molar-refractivity contribution in [1.82, 2.24) is 0 Å². The molecule has 88 valence electrons. The van der Waals surface area contributed by atoms with E-state index < -0.39 is 8.32 Å². The first-order valence-corrected chi connectivity index (χ1v) is 8.89. The van der Waals surface area contributed by atoms with Gasteiger partial charge in [0.2, 0.25) is 8.32 Å². The second-order valence-electron chi connectivity index (χ2n) is 4.63. The fourth-order valence-corrected chi connectivity index (χ4v) is 2.05. The SMILES string of the molecule is COC(=CCc1ccccc1)O[Si](C)(C)C. The van der Waals surface area contributed by atoms with Crippen molar-refractivity contribution in [3.8, 4) is 0 Å². The summed E-state index contributed by atoms with van der Waals surface area (Å²) in [5.41, 5.74) is 1.26. The van der Waals surface area contributed by atoms with Crippen molar-refractivity contribution in [3.63, 3.8) is 0 Å². The van der Waals surface area contributed by atoms with E-state index >= 15 is 0 Å². The van der Waals surface area contributed by atoms with Gasteiger partial charge in [-0.3, -0.25) is 0 Å². The van der Waals surface area contributed by atoms with Gasteiger partial charge in [-0.2, -0.15) is 0 Å². The van der Waals surface area contributed by atoms with E-state index in [9.17, 15) is 0 Å². The minimum atomic E-state index is -1.57. The fraction of sp³-hybridized carbons (Fsp3) is 0.385. The predicted molar refractivity (Wildman–Crippen MR) is 69.7 cm³/mol. The topological polar surface area (TPSA) is 18.5 Å². The van der Waals surface area contributed by atoms with Crippen molar-refractivity contribution in [1.29, 1.82) is 0 Å². The molecular weight excluding hydrogens is 216 g/mol. The minimum Gasteiger partial charge on any atom is -0.520 e. The molecule has 0 atom stereocenters. The fourth-order valence-electron chi connectivity index (χ4n) is 1.28. The lowest BCUT2D eigenvalue weighted by atomic mass is 10.1. The zero-order valence-corrected chi connectivity index (χ0v) is 11.5. The van der Waals surface area contributed by atoms with Crippen LogP contribution in [0.15, 0.2) is 42.4 Å². The highest BCUT2D eigenvalue weighted by Crippen LogP contribution is 2.12. The number of hydrogen-bond donors (Lipinski definition) is 0. The second kappa shape index (κ2) is 5.75. The van der Waals surface area contributed by atoms with E-state index in [-0.39, 0.29) is 0 Å². The molecule has 1 aromatic carbocycles. The highest BCUT2D eigenvalue weighted by Gasteiger charge is 2.17. The van der Waals surface area contributed by atoms with E-state index in [0.717, 1.165) is 6.42 Å². The summed E-state index contributed by atoms with van der Waals surface area (Å²) in [5.74, 6) is 0.642. The Labute approximate surface area is 99.0 Å². The van der Waals surface area contributed by atoms with E-state index in [0.29, 0.717) is 5.95 Å². The number of rotatable bonds is 5. The van der Waals surface area contributed by atoms with Gasteiger partial charge in [0.05, 0.1) is 7.11 Å². The Morgan fingerprint density at radius 1 is 1.19 bits per heavy atom. The maximum absolute atomic E-state index is 5.79. The number of hydrogen-bond acceptors (Lipinski definition) is 2. The average molecular weight is 236 g/mol. The highest BCUT2D eigenvalue weighted by molar-refractivity contribution is 6.69. The molecule has 2 nitrogen and oxygen atoms in total. The van der Waals surface area contributed by atoms with Crippen LogP contribution in [0.5, 0.6) is 0 Å². The third kappa shape index (κ3) is 5.03. The lowest BCUT2D eigenvalue weighted by molar-refractivity contribution is 0.146. The van der Waals surface area contributed by atoms with Gasteiger partial charge in [-0.1, -0.05) is 30.3 Å². The van der Waals surface area contributed by atoms with Gasteiger partial charge in [0.1, 0.15) is 0 Å². The molecule has 0 N–H and O–H groups in total. The summed E-state index contributed by atoms with van der Waals surface area (Å²) in [6, 6.07) is 10.3. The monoisotopic (exact) mass is 236 g/mol.